The number of aryl methyl sites for hydroxylation is 2. The zero-order valence-corrected chi connectivity index (χ0v) is 14.0. The molecule has 1 aromatic carbocycles. The molecule has 1 aliphatic rings. The summed E-state index contributed by atoms with van der Waals surface area (Å²) in [6.07, 6.45) is 3.34. The second-order valence-electron chi connectivity index (χ2n) is 5.97. The van der Waals surface area contributed by atoms with E-state index < -0.39 is 0 Å². The van der Waals surface area contributed by atoms with Gasteiger partial charge in [-0.05, 0) is 25.0 Å². The van der Waals surface area contributed by atoms with Crippen LogP contribution in [0.3, 0.4) is 0 Å². The van der Waals surface area contributed by atoms with E-state index in [1.54, 1.807) is 22.0 Å². The van der Waals surface area contributed by atoms with Gasteiger partial charge in [-0.3, -0.25) is 4.79 Å². The Bertz CT molecular complexity index is 667. The van der Waals surface area contributed by atoms with Crippen molar-refractivity contribution >= 4 is 5.91 Å². The Kier molecular flexibility index (Phi) is 5.10. The number of carbonyl (C=O) groups excluding carboxylic acids is 1. The predicted molar refractivity (Wildman–Crippen MR) is 87.8 cm³/mol. The van der Waals surface area contributed by atoms with Gasteiger partial charge < -0.3 is 14.4 Å². The van der Waals surface area contributed by atoms with Crippen molar-refractivity contribution in [1.29, 1.82) is 0 Å². The Balaban J connectivity index is 1.54. The summed E-state index contributed by atoms with van der Waals surface area (Å²) in [4.78, 5) is 14.2. The number of aromatic nitrogens is 3. The van der Waals surface area contributed by atoms with Gasteiger partial charge in [-0.1, -0.05) is 23.4 Å². The summed E-state index contributed by atoms with van der Waals surface area (Å²) >= 11 is 0. The molecule has 7 nitrogen and oxygen atoms in total. The molecule has 0 spiro atoms. The summed E-state index contributed by atoms with van der Waals surface area (Å²) in [5.74, 6) is 0.766. The highest BCUT2D eigenvalue weighted by molar-refractivity contribution is 5.78. The van der Waals surface area contributed by atoms with Gasteiger partial charge in [0.15, 0.2) is 6.61 Å². The number of benzene rings is 1. The van der Waals surface area contributed by atoms with Crippen molar-refractivity contribution in [1.82, 2.24) is 19.9 Å². The van der Waals surface area contributed by atoms with Crippen LogP contribution in [-0.2, 0) is 16.1 Å². The van der Waals surface area contributed by atoms with E-state index in [2.05, 4.69) is 10.3 Å². The minimum absolute atomic E-state index is 0.0236. The molecule has 24 heavy (non-hydrogen) atoms. The molecule has 128 valence electrons. The van der Waals surface area contributed by atoms with Crippen molar-refractivity contribution < 1.29 is 14.3 Å². The lowest BCUT2D eigenvalue weighted by atomic mass is 10.1. The van der Waals surface area contributed by atoms with Gasteiger partial charge in [-0.25, -0.2) is 4.68 Å². The fourth-order valence-corrected chi connectivity index (χ4v) is 2.85. The highest BCUT2D eigenvalue weighted by Crippen LogP contribution is 2.22. The monoisotopic (exact) mass is 330 g/mol. The normalized spacial score (nSPS) is 17.8. The van der Waals surface area contributed by atoms with Crippen LogP contribution in [0.15, 0.2) is 30.6 Å². The van der Waals surface area contributed by atoms with Crippen molar-refractivity contribution in [3.05, 3.63) is 41.7 Å². The summed E-state index contributed by atoms with van der Waals surface area (Å²) in [6, 6.07) is 5.95. The molecule has 1 amide bonds. The Morgan fingerprint density at radius 2 is 2.17 bits per heavy atom. The molecule has 0 N–H and O–H groups in total. The van der Waals surface area contributed by atoms with Crippen LogP contribution < -0.4 is 4.74 Å². The fourth-order valence-electron chi connectivity index (χ4n) is 2.85. The Labute approximate surface area is 141 Å². The zero-order chi connectivity index (χ0) is 16.9. The van der Waals surface area contributed by atoms with Gasteiger partial charge in [-0.15, -0.1) is 5.10 Å². The molecule has 7 heteroatoms. The maximum absolute atomic E-state index is 12.5. The highest BCUT2D eigenvalue weighted by Gasteiger charge is 2.25. The first-order chi connectivity index (χ1) is 11.6. The molecule has 1 saturated heterocycles. The lowest BCUT2D eigenvalue weighted by Crippen LogP contribution is -2.48. The summed E-state index contributed by atoms with van der Waals surface area (Å²) < 4.78 is 13.2. The number of nitrogens with zero attached hydrogens (tertiary/aromatic N) is 4. The third-order valence-corrected chi connectivity index (χ3v) is 4.10. The molecule has 1 fully saturated rings. The molecule has 0 saturated carbocycles. The van der Waals surface area contributed by atoms with Crippen molar-refractivity contribution in [2.45, 2.75) is 26.5 Å². The van der Waals surface area contributed by atoms with E-state index in [9.17, 15) is 4.79 Å². The van der Waals surface area contributed by atoms with Crippen LogP contribution in [0.1, 0.15) is 11.1 Å². The van der Waals surface area contributed by atoms with E-state index >= 15 is 0 Å². The van der Waals surface area contributed by atoms with E-state index in [0.717, 1.165) is 16.9 Å². The van der Waals surface area contributed by atoms with Gasteiger partial charge in [-0.2, -0.15) is 0 Å². The van der Waals surface area contributed by atoms with Crippen molar-refractivity contribution in [3.8, 4) is 5.75 Å². The molecule has 3 rings (SSSR count). The van der Waals surface area contributed by atoms with Gasteiger partial charge in [0, 0.05) is 19.3 Å². The first-order valence-electron chi connectivity index (χ1n) is 8.06. The lowest BCUT2D eigenvalue weighted by molar-refractivity contribution is -0.141. The SMILES string of the molecule is Cc1cccc(C)c1OCC(=O)N1CCOC(Cn2ccnn2)C1. The molecule has 2 heterocycles. The summed E-state index contributed by atoms with van der Waals surface area (Å²) in [5.41, 5.74) is 2.07. The second-order valence-corrected chi connectivity index (χ2v) is 5.97. The predicted octanol–water partition coefficient (Wildman–Crippen LogP) is 1.20. The average Bonchev–Trinajstić information content (AvgIpc) is 3.07. The lowest BCUT2D eigenvalue weighted by Gasteiger charge is -2.32. The topological polar surface area (TPSA) is 69.5 Å². The van der Waals surface area contributed by atoms with Gasteiger partial charge >= 0.3 is 0 Å². The van der Waals surface area contributed by atoms with E-state index in [4.69, 9.17) is 9.47 Å². The number of para-hydroxylation sites is 1. The van der Waals surface area contributed by atoms with Crippen LogP contribution in [-0.4, -0.2) is 58.2 Å². The number of ether oxygens (including phenoxy) is 2. The molecular weight excluding hydrogens is 308 g/mol. The molecule has 1 atom stereocenters. The molecule has 2 aromatic rings. The van der Waals surface area contributed by atoms with Crippen LogP contribution in [0.4, 0.5) is 0 Å². The molecule has 1 aliphatic heterocycles. The molecule has 0 bridgehead atoms. The summed E-state index contributed by atoms with van der Waals surface area (Å²) in [5, 5.41) is 7.71. The highest BCUT2D eigenvalue weighted by atomic mass is 16.5. The van der Waals surface area contributed by atoms with Crippen LogP contribution in [0.2, 0.25) is 0 Å². The fraction of sp³-hybridized carbons (Fsp3) is 0.471. The van der Waals surface area contributed by atoms with Crippen LogP contribution in [0.5, 0.6) is 5.75 Å². The van der Waals surface area contributed by atoms with E-state index in [0.29, 0.717) is 26.2 Å². The van der Waals surface area contributed by atoms with Crippen LogP contribution in [0, 0.1) is 13.8 Å². The molecular formula is C17H22N4O3. The third-order valence-electron chi connectivity index (χ3n) is 4.10. The van der Waals surface area contributed by atoms with Crippen molar-refractivity contribution in [3.63, 3.8) is 0 Å². The largest absolute Gasteiger partial charge is 0.483 e. The van der Waals surface area contributed by atoms with E-state index in [1.165, 1.54) is 0 Å². The van der Waals surface area contributed by atoms with Crippen molar-refractivity contribution in [2.75, 3.05) is 26.3 Å². The van der Waals surface area contributed by atoms with E-state index in [1.807, 2.05) is 32.0 Å². The number of hydrogen-bond acceptors (Lipinski definition) is 5. The maximum Gasteiger partial charge on any atom is 0.260 e. The molecule has 1 aromatic heterocycles. The second kappa shape index (κ2) is 7.44. The van der Waals surface area contributed by atoms with Gasteiger partial charge in [0.2, 0.25) is 0 Å². The quantitative estimate of drug-likeness (QED) is 0.824. The van der Waals surface area contributed by atoms with Gasteiger partial charge in [0.1, 0.15) is 5.75 Å². The van der Waals surface area contributed by atoms with Gasteiger partial charge in [0.25, 0.3) is 5.91 Å². The molecule has 1 unspecified atom stereocenters. The zero-order valence-electron chi connectivity index (χ0n) is 14.0. The third kappa shape index (κ3) is 3.91. The minimum Gasteiger partial charge on any atom is -0.483 e. The molecule has 0 aliphatic carbocycles. The van der Waals surface area contributed by atoms with Crippen molar-refractivity contribution in [2.24, 2.45) is 0 Å². The van der Waals surface area contributed by atoms with Gasteiger partial charge in [0.05, 0.1) is 25.5 Å². The first-order valence-corrected chi connectivity index (χ1v) is 8.06. The standard InChI is InChI=1S/C17H22N4O3/c1-13-4-3-5-14(2)17(13)24-12-16(22)20-8-9-23-15(10-20)11-21-7-6-18-19-21/h3-7,15H,8-12H2,1-2H3. The number of hydrogen-bond donors (Lipinski definition) is 0. The number of morpholine rings is 1. The smallest absolute Gasteiger partial charge is 0.260 e. The molecule has 0 radical (unpaired) electrons. The Morgan fingerprint density at radius 3 is 2.88 bits per heavy atom. The maximum atomic E-state index is 12.5. The number of amides is 1. The van der Waals surface area contributed by atoms with E-state index in [-0.39, 0.29) is 18.6 Å². The number of carbonyl (C=O) groups is 1. The summed E-state index contributed by atoms with van der Waals surface area (Å²) in [7, 11) is 0. The summed E-state index contributed by atoms with van der Waals surface area (Å²) in [6.45, 7) is 6.24. The Hall–Kier alpha value is -2.41. The number of rotatable bonds is 5. The average molecular weight is 330 g/mol. The van der Waals surface area contributed by atoms with Crippen LogP contribution >= 0.6 is 0 Å². The van der Waals surface area contributed by atoms with Crippen LogP contribution in [0.25, 0.3) is 0 Å². The first kappa shape index (κ1) is 16.4. The Morgan fingerprint density at radius 1 is 1.38 bits per heavy atom. The minimum atomic E-state index is -0.0791.